The first-order valence-electron chi connectivity index (χ1n) is 13.6. The summed E-state index contributed by atoms with van der Waals surface area (Å²) >= 11 is 0. The molecule has 0 aliphatic heterocycles. The Morgan fingerprint density at radius 3 is 2.27 bits per heavy atom. The Morgan fingerprint density at radius 1 is 0.867 bits per heavy atom. The van der Waals surface area contributed by atoms with Gasteiger partial charge in [-0.2, -0.15) is 0 Å². The van der Waals surface area contributed by atoms with Crippen LogP contribution in [0.3, 0.4) is 0 Å². The predicted molar refractivity (Wildman–Crippen MR) is 128 cm³/mol. The maximum absolute atomic E-state index is 10.3. The number of hydrogen-bond donors (Lipinski definition) is 1. The van der Waals surface area contributed by atoms with Crippen molar-refractivity contribution in [3.05, 3.63) is 12.2 Å². The first kappa shape index (κ1) is 22.9. The lowest BCUT2D eigenvalue weighted by molar-refractivity contribution is -0.128. The van der Waals surface area contributed by atoms with E-state index in [1.807, 2.05) is 0 Å². The Hall–Kier alpha value is -0.300. The fourth-order valence-corrected chi connectivity index (χ4v) is 9.42. The topological polar surface area (TPSA) is 20.2 Å². The highest BCUT2D eigenvalue weighted by Crippen LogP contribution is 2.68. The third-order valence-electron chi connectivity index (χ3n) is 11.3. The van der Waals surface area contributed by atoms with Gasteiger partial charge in [-0.3, -0.25) is 0 Å². The van der Waals surface area contributed by atoms with Gasteiger partial charge < -0.3 is 5.11 Å². The molecule has 1 N–H and O–H groups in total. The van der Waals surface area contributed by atoms with Crippen LogP contribution in [0.4, 0.5) is 0 Å². The summed E-state index contributed by atoms with van der Waals surface area (Å²) in [4.78, 5) is 0. The van der Waals surface area contributed by atoms with E-state index in [0.717, 1.165) is 60.2 Å². The van der Waals surface area contributed by atoms with Crippen LogP contribution in [0.1, 0.15) is 106 Å². The third kappa shape index (κ3) is 3.74. The van der Waals surface area contributed by atoms with Crippen molar-refractivity contribution >= 4 is 0 Å². The summed E-state index contributed by atoms with van der Waals surface area (Å²) in [7, 11) is 0. The zero-order valence-electron chi connectivity index (χ0n) is 20.9. The molecule has 4 fully saturated rings. The third-order valence-corrected chi connectivity index (χ3v) is 11.3. The number of hydrogen-bond acceptors (Lipinski definition) is 1. The van der Waals surface area contributed by atoms with Crippen LogP contribution < -0.4 is 0 Å². The zero-order valence-corrected chi connectivity index (χ0v) is 20.9. The lowest BCUT2D eigenvalue weighted by Crippen LogP contribution is -2.54. The molecular formula is C29H50O. The van der Waals surface area contributed by atoms with Crippen molar-refractivity contribution in [2.24, 2.45) is 58.2 Å². The molecule has 30 heavy (non-hydrogen) atoms. The van der Waals surface area contributed by atoms with Crippen LogP contribution in [-0.4, -0.2) is 11.2 Å². The zero-order chi connectivity index (χ0) is 21.7. The van der Waals surface area contributed by atoms with Crippen molar-refractivity contribution in [3.8, 4) is 0 Å². The van der Waals surface area contributed by atoms with Crippen LogP contribution in [0.25, 0.3) is 0 Å². The molecule has 1 heteroatoms. The van der Waals surface area contributed by atoms with Crippen LogP contribution in [-0.2, 0) is 0 Å². The second kappa shape index (κ2) is 8.57. The smallest absolute Gasteiger partial charge is 0.0543 e. The van der Waals surface area contributed by atoms with Crippen LogP contribution in [0, 0.1) is 58.2 Å². The van der Waals surface area contributed by atoms with Gasteiger partial charge in [0.05, 0.1) is 6.10 Å². The Morgan fingerprint density at radius 2 is 1.57 bits per heavy atom. The monoisotopic (exact) mass is 414 g/mol. The largest absolute Gasteiger partial charge is 0.393 e. The molecule has 0 radical (unpaired) electrons. The average Bonchev–Trinajstić information content (AvgIpc) is 3.06. The number of rotatable bonds is 5. The summed E-state index contributed by atoms with van der Waals surface area (Å²) in [5.41, 5.74) is 1.07. The van der Waals surface area contributed by atoms with Crippen molar-refractivity contribution in [2.45, 2.75) is 112 Å². The molecule has 0 saturated heterocycles. The van der Waals surface area contributed by atoms with E-state index in [1.165, 1.54) is 51.4 Å². The molecule has 4 aliphatic rings. The van der Waals surface area contributed by atoms with Crippen molar-refractivity contribution in [1.29, 1.82) is 0 Å². The second-order valence-electron chi connectivity index (χ2n) is 12.9. The highest BCUT2D eigenvalue weighted by molar-refractivity contribution is 5.11. The maximum Gasteiger partial charge on any atom is 0.0543 e. The van der Waals surface area contributed by atoms with E-state index in [1.54, 1.807) is 0 Å². The summed E-state index contributed by atoms with van der Waals surface area (Å²) < 4.78 is 0. The number of fused-ring (bicyclic) bond motifs is 5. The van der Waals surface area contributed by atoms with Crippen LogP contribution in [0.15, 0.2) is 12.2 Å². The number of aliphatic hydroxyl groups excluding tert-OH is 1. The lowest BCUT2D eigenvalue weighted by atomic mass is 9.44. The molecule has 6 unspecified atom stereocenters. The standard InChI is InChI=1S/C29H50O/c1-7-21(19(2)3)9-8-20(4)25-12-13-26-24-11-10-22-18-23(30)14-16-28(22,5)27(24)15-17-29(25,26)6/h8-9,19-27,30H,7,10-18H2,1-6H3/b9-8+/t20-,21?,22?,23?,24?,25-,26?,27?,28+,29-/m1/s1. The van der Waals surface area contributed by atoms with E-state index in [2.05, 4.69) is 53.7 Å². The molecule has 172 valence electrons. The minimum Gasteiger partial charge on any atom is -0.393 e. The minimum atomic E-state index is -0.0187. The molecule has 0 heterocycles. The predicted octanol–water partition coefficient (Wildman–Crippen LogP) is 7.88. The molecule has 4 rings (SSSR count). The van der Waals surface area contributed by atoms with Gasteiger partial charge >= 0.3 is 0 Å². The van der Waals surface area contributed by atoms with Crippen LogP contribution in [0.5, 0.6) is 0 Å². The normalized spacial score (nSPS) is 48.3. The first-order chi connectivity index (χ1) is 14.2. The van der Waals surface area contributed by atoms with E-state index in [9.17, 15) is 5.11 Å². The average molecular weight is 415 g/mol. The number of allylic oxidation sites excluding steroid dienone is 2. The minimum absolute atomic E-state index is 0.0187. The van der Waals surface area contributed by atoms with Gasteiger partial charge in [-0.15, -0.1) is 0 Å². The fraction of sp³-hybridized carbons (Fsp3) is 0.931. The Labute approximate surface area is 187 Å². The summed E-state index contributed by atoms with van der Waals surface area (Å²) in [5, 5.41) is 10.3. The van der Waals surface area contributed by atoms with E-state index in [0.29, 0.717) is 10.8 Å². The van der Waals surface area contributed by atoms with Crippen molar-refractivity contribution in [2.75, 3.05) is 0 Å². The van der Waals surface area contributed by atoms with Gasteiger partial charge in [-0.05, 0) is 122 Å². The van der Waals surface area contributed by atoms with Gasteiger partial charge in [-0.1, -0.05) is 53.7 Å². The Bertz CT molecular complexity index is 622. The molecule has 0 amide bonds. The van der Waals surface area contributed by atoms with Crippen molar-refractivity contribution in [1.82, 2.24) is 0 Å². The molecule has 0 spiro atoms. The summed E-state index contributed by atoms with van der Waals surface area (Å²) in [6, 6.07) is 0. The van der Waals surface area contributed by atoms with E-state index in [-0.39, 0.29) is 6.10 Å². The second-order valence-corrected chi connectivity index (χ2v) is 12.9. The highest BCUT2D eigenvalue weighted by Gasteiger charge is 2.60. The molecule has 0 aromatic rings. The van der Waals surface area contributed by atoms with E-state index in [4.69, 9.17) is 0 Å². The van der Waals surface area contributed by atoms with Crippen LogP contribution >= 0.6 is 0 Å². The lowest BCUT2D eigenvalue weighted by Gasteiger charge is -2.61. The van der Waals surface area contributed by atoms with Crippen molar-refractivity contribution < 1.29 is 5.11 Å². The van der Waals surface area contributed by atoms with Gasteiger partial charge in [-0.25, -0.2) is 0 Å². The Balaban J connectivity index is 1.49. The molecule has 4 aliphatic carbocycles. The van der Waals surface area contributed by atoms with Gasteiger partial charge in [0, 0.05) is 0 Å². The molecular weight excluding hydrogens is 364 g/mol. The highest BCUT2D eigenvalue weighted by atomic mass is 16.3. The van der Waals surface area contributed by atoms with Crippen molar-refractivity contribution in [3.63, 3.8) is 0 Å². The molecule has 10 atom stereocenters. The van der Waals surface area contributed by atoms with Gasteiger partial charge in [0.2, 0.25) is 0 Å². The fourth-order valence-electron chi connectivity index (χ4n) is 9.42. The van der Waals surface area contributed by atoms with E-state index < -0.39 is 0 Å². The van der Waals surface area contributed by atoms with Gasteiger partial charge in [0.15, 0.2) is 0 Å². The molecule has 0 aromatic heterocycles. The summed E-state index contributed by atoms with van der Waals surface area (Å²) in [6.07, 6.45) is 18.5. The Kier molecular flexibility index (Phi) is 6.53. The van der Waals surface area contributed by atoms with E-state index >= 15 is 0 Å². The summed E-state index contributed by atoms with van der Waals surface area (Å²) in [5.74, 6) is 6.72. The number of aliphatic hydroxyl groups is 1. The molecule has 0 aromatic carbocycles. The molecule has 0 bridgehead atoms. The first-order valence-corrected chi connectivity index (χ1v) is 13.6. The maximum atomic E-state index is 10.3. The SMILES string of the molecule is CCC(/C=C/[C@@H](C)[C@H]1CCC2C3CCC4CC(O)CC[C@]4(C)C3CC[C@@]21C)C(C)C. The summed E-state index contributed by atoms with van der Waals surface area (Å²) in [6.45, 7) is 14.9. The van der Waals surface area contributed by atoms with Gasteiger partial charge in [0.25, 0.3) is 0 Å². The molecule has 1 nitrogen and oxygen atoms in total. The quantitative estimate of drug-likeness (QED) is 0.454. The molecule has 4 saturated carbocycles. The van der Waals surface area contributed by atoms with Gasteiger partial charge in [0.1, 0.15) is 0 Å². The van der Waals surface area contributed by atoms with Crippen LogP contribution in [0.2, 0.25) is 0 Å².